The number of hydrogen-bond donors (Lipinski definition) is 1. The summed E-state index contributed by atoms with van der Waals surface area (Å²) in [5, 5.41) is 7.16. The van der Waals surface area contributed by atoms with Gasteiger partial charge in [0, 0.05) is 19.0 Å². The van der Waals surface area contributed by atoms with Crippen LogP contribution >= 0.6 is 0 Å². The highest BCUT2D eigenvalue weighted by Crippen LogP contribution is 2.18. The number of nitrogens with zero attached hydrogens (tertiary/aromatic N) is 2. The molecule has 0 aliphatic carbocycles. The summed E-state index contributed by atoms with van der Waals surface area (Å²) in [6.07, 6.45) is 0.350. The quantitative estimate of drug-likeness (QED) is 0.683. The smallest absolute Gasteiger partial charge is 0.328 e. The van der Waals surface area contributed by atoms with Crippen molar-refractivity contribution in [1.29, 1.82) is 0 Å². The molecule has 138 valence electrons. The summed E-state index contributed by atoms with van der Waals surface area (Å²) in [6, 6.07) is 20.0. The van der Waals surface area contributed by atoms with E-state index in [-0.39, 0.29) is 5.91 Å². The molecular weight excluding hydrogens is 342 g/mol. The number of hydrogen-bond acceptors (Lipinski definition) is 4. The summed E-state index contributed by atoms with van der Waals surface area (Å²) >= 11 is 0. The maximum atomic E-state index is 12.8. The maximum Gasteiger partial charge on any atom is 0.328 e. The lowest BCUT2D eigenvalue weighted by Gasteiger charge is -2.16. The number of aromatic nitrogens is 2. The molecule has 0 saturated heterocycles. The number of nitrogens with one attached hydrogen (secondary N) is 1. The SMILES string of the molecule is COC(=O)[C@H](Cc1ccccc1)NC(=O)c1cc(-c2ccccc2)nn1C. The molecule has 0 fully saturated rings. The van der Waals surface area contributed by atoms with Gasteiger partial charge in [0.05, 0.1) is 12.8 Å². The minimum Gasteiger partial charge on any atom is -0.467 e. The standard InChI is InChI=1S/C21H21N3O3/c1-24-19(14-17(23-24)16-11-7-4-8-12-16)20(25)22-18(21(26)27-2)13-15-9-5-3-6-10-15/h3-12,14,18H,13H2,1-2H3,(H,22,25)/t18-/m0/s1. The van der Waals surface area contributed by atoms with E-state index in [1.807, 2.05) is 60.7 Å². The second-order valence-corrected chi connectivity index (χ2v) is 6.14. The van der Waals surface area contributed by atoms with Crippen LogP contribution in [-0.2, 0) is 23.0 Å². The summed E-state index contributed by atoms with van der Waals surface area (Å²) in [5.41, 5.74) is 2.92. The predicted molar refractivity (Wildman–Crippen MR) is 102 cm³/mol. The third-order valence-electron chi connectivity index (χ3n) is 4.26. The van der Waals surface area contributed by atoms with Gasteiger partial charge in [-0.2, -0.15) is 5.10 Å². The van der Waals surface area contributed by atoms with Crippen molar-refractivity contribution in [3.05, 3.63) is 78.0 Å². The minimum atomic E-state index is -0.778. The van der Waals surface area contributed by atoms with E-state index in [9.17, 15) is 9.59 Å². The van der Waals surface area contributed by atoms with Crippen molar-refractivity contribution in [1.82, 2.24) is 15.1 Å². The number of esters is 1. The summed E-state index contributed by atoms with van der Waals surface area (Å²) in [7, 11) is 3.01. The lowest BCUT2D eigenvalue weighted by Crippen LogP contribution is -2.43. The fourth-order valence-corrected chi connectivity index (χ4v) is 2.85. The lowest BCUT2D eigenvalue weighted by atomic mass is 10.1. The van der Waals surface area contributed by atoms with Crippen molar-refractivity contribution in [2.24, 2.45) is 7.05 Å². The van der Waals surface area contributed by atoms with Gasteiger partial charge in [-0.3, -0.25) is 9.48 Å². The summed E-state index contributed by atoms with van der Waals surface area (Å²) in [4.78, 5) is 24.9. The van der Waals surface area contributed by atoms with Crippen molar-refractivity contribution in [3.63, 3.8) is 0 Å². The molecule has 1 atom stereocenters. The van der Waals surface area contributed by atoms with Crippen molar-refractivity contribution >= 4 is 11.9 Å². The average molecular weight is 363 g/mol. The Bertz CT molecular complexity index is 920. The molecule has 1 aromatic heterocycles. The number of amides is 1. The second kappa shape index (κ2) is 8.31. The number of carbonyl (C=O) groups is 2. The number of rotatable bonds is 6. The first-order valence-corrected chi connectivity index (χ1v) is 8.60. The van der Waals surface area contributed by atoms with Crippen LogP contribution in [0.1, 0.15) is 16.1 Å². The molecular formula is C21H21N3O3. The fraction of sp³-hybridized carbons (Fsp3) is 0.190. The van der Waals surface area contributed by atoms with Gasteiger partial charge in [0.15, 0.2) is 0 Å². The molecule has 0 aliphatic heterocycles. The van der Waals surface area contributed by atoms with E-state index in [1.54, 1.807) is 13.1 Å². The van der Waals surface area contributed by atoms with Crippen LogP contribution in [0.15, 0.2) is 66.7 Å². The molecule has 27 heavy (non-hydrogen) atoms. The van der Waals surface area contributed by atoms with Crippen LogP contribution in [0.25, 0.3) is 11.3 Å². The monoisotopic (exact) mass is 363 g/mol. The molecule has 0 aliphatic rings. The van der Waals surface area contributed by atoms with Crippen molar-refractivity contribution < 1.29 is 14.3 Å². The van der Waals surface area contributed by atoms with Gasteiger partial charge in [0.2, 0.25) is 0 Å². The second-order valence-electron chi connectivity index (χ2n) is 6.14. The minimum absolute atomic E-state index is 0.350. The Morgan fingerprint density at radius 1 is 1.07 bits per heavy atom. The molecule has 0 unspecified atom stereocenters. The van der Waals surface area contributed by atoms with Gasteiger partial charge >= 0.3 is 5.97 Å². The van der Waals surface area contributed by atoms with Crippen LogP contribution in [0.5, 0.6) is 0 Å². The van der Waals surface area contributed by atoms with Crippen LogP contribution in [0.2, 0.25) is 0 Å². The van der Waals surface area contributed by atoms with Crippen LogP contribution in [-0.4, -0.2) is 34.8 Å². The largest absolute Gasteiger partial charge is 0.467 e. The zero-order valence-corrected chi connectivity index (χ0v) is 15.3. The van der Waals surface area contributed by atoms with Crippen molar-refractivity contribution in [3.8, 4) is 11.3 Å². The molecule has 1 N–H and O–H groups in total. The van der Waals surface area contributed by atoms with Gasteiger partial charge in [-0.25, -0.2) is 4.79 Å². The molecule has 0 spiro atoms. The normalized spacial score (nSPS) is 11.6. The van der Waals surface area contributed by atoms with Crippen molar-refractivity contribution in [2.75, 3.05) is 7.11 Å². The van der Waals surface area contributed by atoms with Gasteiger partial charge in [-0.05, 0) is 11.6 Å². The Balaban J connectivity index is 1.79. The van der Waals surface area contributed by atoms with E-state index in [0.717, 1.165) is 11.1 Å². The maximum absolute atomic E-state index is 12.8. The number of ether oxygens (including phenoxy) is 1. The van der Waals surface area contributed by atoms with Gasteiger partial charge in [0.25, 0.3) is 5.91 Å². The van der Waals surface area contributed by atoms with E-state index >= 15 is 0 Å². The Morgan fingerprint density at radius 3 is 2.33 bits per heavy atom. The molecule has 0 radical (unpaired) electrons. The third-order valence-corrected chi connectivity index (χ3v) is 4.26. The Kier molecular flexibility index (Phi) is 5.66. The topological polar surface area (TPSA) is 73.2 Å². The highest BCUT2D eigenvalue weighted by atomic mass is 16.5. The van der Waals surface area contributed by atoms with E-state index in [2.05, 4.69) is 10.4 Å². The number of aryl methyl sites for hydroxylation is 1. The van der Waals surface area contributed by atoms with Crippen LogP contribution in [0, 0.1) is 0 Å². The Labute approximate surface area is 157 Å². The Hall–Kier alpha value is -3.41. The summed E-state index contributed by atoms with van der Waals surface area (Å²) in [6.45, 7) is 0. The number of carbonyl (C=O) groups excluding carboxylic acids is 2. The van der Waals surface area contributed by atoms with Crippen LogP contribution in [0.4, 0.5) is 0 Å². The number of methoxy groups -OCH3 is 1. The predicted octanol–water partition coefficient (Wildman–Crippen LogP) is 2.60. The number of benzene rings is 2. The molecule has 2 aromatic carbocycles. The first kappa shape index (κ1) is 18.4. The first-order valence-electron chi connectivity index (χ1n) is 8.60. The zero-order valence-electron chi connectivity index (χ0n) is 15.3. The zero-order chi connectivity index (χ0) is 19.2. The molecule has 0 saturated carbocycles. The van der Waals surface area contributed by atoms with E-state index in [0.29, 0.717) is 17.8 Å². The molecule has 0 bridgehead atoms. The summed E-state index contributed by atoms with van der Waals surface area (Å²) in [5.74, 6) is -0.865. The highest BCUT2D eigenvalue weighted by Gasteiger charge is 2.24. The summed E-state index contributed by atoms with van der Waals surface area (Å²) < 4.78 is 6.36. The molecule has 3 aromatic rings. The first-order chi connectivity index (χ1) is 13.1. The van der Waals surface area contributed by atoms with E-state index in [4.69, 9.17) is 4.74 Å². The third kappa shape index (κ3) is 4.41. The Morgan fingerprint density at radius 2 is 1.70 bits per heavy atom. The molecule has 1 amide bonds. The van der Waals surface area contributed by atoms with Gasteiger partial charge in [0.1, 0.15) is 11.7 Å². The molecule has 6 heteroatoms. The molecule has 6 nitrogen and oxygen atoms in total. The van der Waals surface area contributed by atoms with E-state index in [1.165, 1.54) is 11.8 Å². The highest BCUT2D eigenvalue weighted by molar-refractivity contribution is 5.96. The van der Waals surface area contributed by atoms with Crippen LogP contribution < -0.4 is 5.32 Å². The lowest BCUT2D eigenvalue weighted by molar-refractivity contribution is -0.142. The van der Waals surface area contributed by atoms with Gasteiger partial charge in [-0.15, -0.1) is 0 Å². The average Bonchev–Trinajstić information content (AvgIpc) is 3.10. The van der Waals surface area contributed by atoms with Crippen molar-refractivity contribution in [2.45, 2.75) is 12.5 Å². The van der Waals surface area contributed by atoms with Gasteiger partial charge in [-0.1, -0.05) is 60.7 Å². The van der Waals surface area contributed by atoms with E-state index < -0.39 is 12.0 Å². The molecule has 3 rings (SSSR count). The van der Waals surface area contributed by atoms with Crippen LogP contribution in [0.3, 0.4) is 0 Å². The molecule has 1 heterocycles. The van der Waals surface area contributed by atoms with Gasteiger partial charge < -0.3 is 10.1 Å². The fourth-order valence-electron chi connectivity index (χ4n) is 2.85.